The molecular formula is C33H34N2O6. The van der Waals surface area contributed by atoms with E-state index >= 15 is 0 Å². The molecule has 3 aromatic carbocycles. The van der Waals surface area contributed by atoms with Gasteiger partial charge in [0.05, 0.1) is 26.5 Å². The first kappa shape index (κ1) is 26.7. The van der Waals surface area contributed by atoms with Crippen LogP contribution in [0.3, 0.4) is 0 Å². The van der Waals surface area contributed by atoms with E-state index in [-0.39, 0.29) is 11.7 Å². The van der Waals surface area contributed by atoms with Crippen molar-refractivity contribution in [2.45, 2.75) is 50.6 Å². The van der Waals surface area contributed by atoms with Gasteiger partial charge in [0.25, 0.3) is 5.91 Å². The molecule has 0 bridgehead atoms. The fraction of sp³-hybridized carbons (Fsp3) is 0.333. The highest BCUT2D eigenvalue weighted by Gasteiger charge is 2.30. The van der Waals surface area contributed by atoms with Crippen LogP contribution in [0.5, 0.6) is 17.2 Å². The summed E-state index contributed by atoms with van der Waals surface area (Å²) in [5.41, 5.74) is 5.44. The van der Waals surface area contributed by atoms with E-state index in [9.17, 15) is 14.7 Å². The number of esters is 1. The number of aromatic nitrogens is 1. The Morgan fingerprint density at radius 3 is 2.51 bits per heavy atom. The molecule has 6 rings (SSSR count). The van der Waals surface area contributed by atoms with Gasteiger partial charge in [-0.1, -0.05) is 37.5 Å². The molecule has 212 valence electrons. The molecule has 0 spiro atoms. The molecule has 2 N–H and O–H groups in total. The summed E-state index contributed by atoms with van der Waals surface area (Å²) in [6.07, 6.45) is 5.93. The quantitative estimate of drug-likeness (QED) is 0.279. The zero-order valence-corrected chi connectivity index (χ0v) is 23.3. The Kier molecular flexibility index (Phi) is 7.30. The van der Waals surface area contributed by atoms with Gasteiger partial charge in [-0.25, -0.2) is 4.79 Å². The van der Waals surface area contributed by atoms with Crippen LogP contribution in [0.1, 0.15) is 65.5 Å². The molecule has 1 fully saturated rings. The van der Waals surface area contributed by atoms with Crippen LogP contribution in [0.4, 0.5) is 0 Å². The number of benzene rings is 3. The molecule has 0 saturated heterocycles. The van der Waals surface area contributed by atoms with Gasteiger partial charge >= 0.3 is 5.97 Å². The number of phenols is 1. The number of aromatic hydroxyl groups is 1. The van der Waals surface area contributed by atoms with Gasteiger partial charge < -0.3 is 29.2 Å². The van der Waals surface area contributed by atoms with E-state index in [1.165, 1.54) is 44.1 Å². The van der Waals surface area contributed by atoms with E-state index in [1.807, 2.05) is 30.3 Å². The summed E-state index contributed by atoms with van der Waals surface area (Å²) in [5, 5.41) is 13.7. The molecule has 1 saturated carbocycles. The van der Waals surface area contributed by atoms with Crippen molar-refractivity contribution in [1.29, 1.82) is 0 Å². The molecule has 1 aliphatic heterocycles. The Hall–Kier alpha value is -4.46. The standard InChI is InChI=1S/C33H34N2O6/c1-39-24-13-15-26-28(19-24)41-17-16-35-27-18-22(10-14-25(27)29(31(26)35)20-6-4-3-5-7-20)32(37)34-30(33(38)40-2)21-8-11-23(36)12-9-21/h8-15,18-20,30,36H,3-7,16-17H2,1-2H3,(H,34,37)/t30-/m1/s1. The maximum atomic E-state index is 13.6. The van der Waals surface area contributed by atoms with Gasteiger partial charge in [0.2, 0.25) is 0 Å². The van der Waals surface area contributed by atoms with Gasteiger partial charge in [0.15, 0.2) is 6.04 Å². The largest absolute Gasteiger partial charge is 0.508 e. The Balaban J connectivity index is 1.45. The van der Waals surface area contributed by atoms with Crippen molar-refractivity contribution >= 4 is 22.8 Å². The number of carbonyl (C=O) groups excluding carboxylic acids is 2. The van der Waals surface area contributed by atoms with Gasteiger partial charge in [0, 0.05) is 28.1 Å². The number of amides is 1. The molecule has 1 aromatic heterocycles. The van der Waals surface area contributed by atoms with Crippen LogP contribution in [-0.2, 0) is 16.1 Å². The van der Waals surface area contributed by atoms with Crippen LogP contribution < -0.4 is 14.8 Å². The van der Waals surface area contributed by atoms with Crippen LogP contribution in [0.2, 0.25) is 0 Å². The molecule has 2 heterocycles. The number of rotatable bonds is 6. The maximum Gasteiger partial charge on any atom is 0.333 e. The highest BCUT2D eigenvalue weighted by Crippen LogP contribution is 2.47. The maximum absolute atomic E-state index is 13.6. The fourth-order valence-corrected chi connectivity index (χ4v) is 6.31. The van der Waals surface area contributed by atoms with E-state index in [0.29, 0.717) is 30.2 Å². The summed E-state index contributed by atoms with van der Waals surface area (Å²) in [6, 6.07) is 16.9. The van der Waals surface area contributed by atoms with E-state index in [4.69, 9.17) is 14.2 Å². The number of methoxy groups -OCH3 is 2. The molecule has 8 nitrogen and oxygen atoms in total. The lowest BCUT2D eigenvalue weighted by molar-refractivity contribution is -0.143. The van der Waals surface area contributed by atoms with E-state index in [1.54, 1.807) is 19.2 Å². The first-order chi connectivity index (χ1) is 20.0. The van der Waals surface area contributed by atoms with Crippen molar-refractivity contribution in [3.05, 3.63) is 77.4 Å². The molecule has 4 aromatic rings. The third kappa shape index (κ3) is 4.99. The van der Waals surface area contributed by atoms with Crippen molar-refractivity contribution in [1.82, 2.24) is 9.88 Å². The van der Waals surface area contributed by atoms with Crippen molar-refractivity contribution in [2.24, 2.45) is 0 Å². The second-order valence-electron chi connectivity index (χ2n) is 10.7. The molecule has 2 aliphatic rings. The minimum atomic E-state index is -1.01. The molecule has 8 heteroatoms. The fourth-order valence-electron chi connectivity index (χ4n) is 6.31. The topological polar surface area (TPSA) is 99.0 Å². The monoisotopic (exact) mass is 554 g/mol. The van der Waals surface area contributed by atoms with Crippen LogP contribution in [0, 0.1) is 0 Å². The number of nitrogens with one attached hydrogen (secondary N) is 1. The summed E-state index contributed by atoms with van der Waals surface area (Å²) in [5.74, 6) is 1.07. The highest BCUT2D eigenvalue weighted by atomic mass is 16.5. The summed E-state index contributed by atoms with van der Waals surface area (Å²) < 4.78 is 18.9. The summed E-state index contributed by atoms with van der Waals surface area (Å²) >= 11 is 0. The smallest absolute Gasteiger partial charge is 0.333 e. The van der Waals surface area contributed by atoms with Gasteiger partial charge in [-0.2, -0.15) is 0 Å². The summed E-state index contributed by atoms with van der Waals surface area (Å²) in [6.45, 7) is 1.13. The summed E-state index contributed by atoms with van der Waals surface area (Å²) in [7, 11) is 2.94. The lowest BCUT2D eigenvalue weighted by Crippen LogP contribution is -2.34. The summed E-state index contributed by atoms with van der Waals surface area (Å²) in [4.78, 5) is 26.2. The van der Waals surface area contributed by atoms with Crippen LogP contribution in [0.15, 0.2) is 60.7 Å². The van der Waals surface area contributed by atoms with Crippen LogP contribution in [-0.4, -0.2) is 42.4 Å². The minimum Gasteiger partial charge on any atom is -0.508 e. The van der Waals surface area contributed by atoms with E-state index in [0.717, 1.165) is 46.5 Å². The first-order valence-corrected chi connectivity index (χ1v) is 14.1. The second-order valence-corrected chi connectivity index (χ2v) is 10.7. The van der Waals surface area contributed by atoms with Gasteiger partial charge in [0.1, 0.15) is 23.9 Å². The van der Waals surface area contributed by atoms with Crippen molar-refractivity contribution in [3.63, 3.8) is 0 Å². The van der Waals surface area contributed by atoms with Crippen molar-refractivity contribution < 1.29 is 28.9 Å². The van der Waals surface area contributed by atoms with Gasteiger partial charge in [-0.3, -0.25) is 4.79 Å². The minimum absolute atomic E-state index is 0.0702. The van der Waals surface area contributed by atoms with Crippen molar-refractivity contribution in [3.8, 4) is 28.5 Å². The van der Waals surface area contributed by atoms with Gasteiger partial charge in [-0.15, -0.1) is 0 Å². The highest BCUT2D eigenvalue weighted by molar-refractivity contribution is 6.02. The number of phenolic OH excluding ortho intramolecular Hbond substituents is 1. The molecule has 0 unspecified atom stereocenters. The van der Waals surface area contributed by atoms with Crippen LogP contribution >= 0.6 is 0 Å². The second kappa shape index (κ2) is 11.2. The molecule has 0 radical (unpaired) electrons. The molecular weight excluding hydrogens is 520 g/mol. The number of ether oxygens (including phenoxy) is 3. The average molecular weight is 555 g/mol. The zero-order valence-electron chi connectivity index (χ0n) is 23.3. The lowest BCUT2D eigenvalue weighted by Gasteiger charge is -2.23. The number of fused-ring (bicyclic) bond motifs is 5. The van der Waals surface area contributed by atoms with Crippen molar-refractivity contribution in [2.75, 3.05) is 20.8 Å². The van der Waals surface area contributed by atoms with Crippen LogP contribution in [0.25, 0.3) is 22.2 Å². The molecule has 41 heavy (non-hydrogen) atoms. The SMILES string of the molecule is COC(=O)[C@H](NC(=O)c1ccc2c(C3CCCCC3)c3n(c2c1)CCOc1cc(OC)ccc1-3)c1ccc(O)cc1. The normalized spacial score (nSPS) is 15.7. The van der Waals surface area contributed by atoms with E-state index in [2.05, 4.69) is 16.0 Å². The Morgan fingerprint density at radius 1 is 1.00 bits per heavy atom. The number of hydrogen-bond donors (Lipinski definition) is 2. The first-order valence-electron chi connectivity index (χ1n) is 14.1. The van der Waals surface area contributed by atoms with Gasteiger partial charge in [-0.05, 0) is 66.3 Å². The predicted molar refractivity (Wildman–Crippen MR) is 156 cm³/mol. The number of carbonyl (C=O) groups is 2. The molecule has 1 atom stereocenters. The third-order valence-electron chi connectivity index (χ3n) is 8.33. The Morgan fingerprint density at radius 2 is 1.78 bits per heavy atom. The third-order valence-corrected chi connectivity index (χ3v) is 8.33. The Labute approximate surface area is 238 Å². The number of nitrogens with zero attached hydrogens (tertiary/aromatic N) is 1. The predicted octanol–water partition coefficient (Wildman–Crippen LogP) is 6.11. The molecule has 1 aliphatic carbocycles. The Bertz CT molecular complexity index is 1600. The zero-order chi connectivity index (χ0) is 28.5. The molecule has 1 amide bonds. The number of hydrogen-bond acceptors (Lipinski definition) is 6. The lowest BCUT2D eigenvalue weighted by atomic mass is 9.81. The van der Waals surface area contributed by atoms with E-state index < -0.39 is 12.0 Å². The average Bonchev–Trinajstić information content (AvgIpc) is 3.21.